The minimum atomic E-state index is -4.26. The van der Waals surface area contributed by atoms with E-state index in [-0.39, 0.29) is 0 Å². The number of nitriles is 1. The van der Waals surface area contributed by atoms with Crippen LogP contribution in [0.1, 0.15) is 43.2 Å². The van der Waals surface area contributed by atoms with Crippen LogP contribution in [0.2, 0.25) is 0 Å². The molecular formula is C18H20F3N. The zero-order valence-electron chi connectivity index (χ0n) is 12.4. The maximum Gasteiger partial charge on any atom is 0.416 e. The molecule has 0 atom stereocenters. The van der Waals surface area contributed by atoms with Gasteiger partial charge in [-0.25, -0.2) is 0 Å². The Morgan fingerprint density at radius 1 is 1.09 bits per heavy atom. The van der Waals surface area contributed by atoms with Crippen molar-refractivity contribution < 1.29 is 13.2 Å². The quantitative estimate of drug-likeness (QED) is 0.671. The number of rotatable bonds is 4. The zero-order chi connectivity index (χ0) is 16.0. The molecule has 2 rings (SSSR count). The summed E-state index contributed by atoms with van der Waals surface area (Å²) in [4.78, 5) is 0. The summed E-state index contributed by atoms with van der Waals surface area (Å²) in [6.45, 7) is 0. The van der Waals surface area contributed by atoms with Crippen molar-refractivity contribution >= 4 is 0 Å². The van der Waals surface area contributed by atoms with E-state index in [1.54, 1.807) is 18.2 Å². The van der Waals surface area contributed by atoms with Crippen LogP contribution < -0.4 is 0 Å². The van der Waals surface area contributed by atoms with E-state index in [0.717, 1.165) is 44.1 Å². The number of allylic oxidation sites excluding steroid dienone is 2. The van der Waals surface area contributed by atoms with Crippen LogP contribution in [0.25, 0.3) is 0 Å². The van der Waals surface area contributed by atoms with Crippen molar-refractivity contribution in [1.82, 2.24) is 0 Å². The van der Waals surface area contributed by atoms with Crippen molar-refractivity contribution in [1.29, 1.82) is 5.26 Å². The molecule has 118 valence electrons. The van der Waals surface area contributed by atoms with E-state index in [2.05, 4.69) is 0 Å². The SMILES string of the molecule is N#C/C=C/[C@H]1CC[C@H](CCc2ccc(C(F)(F)F)cc2)CC1. The Morgan fingerprint density at radius 2 is 1.73 bits per heavy atom. The fourth-order valence-electron chi connectivity index (χ4n) is 3.08. The number of alkyl halides is 3. The van der Waals surface area contributed by atoms with Gasteiger partial charge in [0.2, 0.25) is 0 Å². The molecule has 1 fully saturated rings. The fraction of sp³-hybridized carbons (Fsp3) is 0.500. The number of nitrogens with zero attached hydrogens (tertiary/aromatic N) is 1. The lowest BCUT2D eigenvalue weighted by molar-refractivity contribution is -0.137. The molecule has 0 saturated heterocycles. The second-order valence-corrected chi connectivity index (χ2v) is 6.00. The Morgan fingerprint density at radius 3 is 2.27 bits per heavy atom. The van der Waals surface area contributed by atoms with Crippen LogP contribution in [-0.2, 0) is 12.6 Å². The van der Waals surface area contributed by atoms with Gasteiger partial charge in [0, 0.05) is 6.08 Å². The molecule has 1 aromatic carbocycles. The van der Waals surface area contributed by atoms with Gasteiger partial charge in [-0.15, -0.1) is 0 Å². The molecule has 0 aromatic heterocycles. The van der Waals surface area contributed by atoms with Crippen molar-refractivity contribution in [2.75, 3.05) is 0 Å². The van der Waals surface area contributed by atoms with E-state index >= 15 is 0 Å². The van der Waals surface area contributed by atoms with Crippen LogP contribution in [0.4, 0.5) is 13.2 Å². The monoisotopic (exact) mass is 307 g/mol. The molecular weight excluding hydrogens is 287 g/mol. The Balaban J connectivity index is 1.77. The van der Waals surface area contributed by atoms with E-state index in [1.807, 2.05) is 12.1 Å². The van der Waals surface area contributed by atoms with Crippen LogP contribution in [0, 0.1) is 23.2 Å². The number of halogens is 3. The summed E-state index contributed by atoms with van der Waals surface area (Å²) < 4.78 is 37.5. The minimum absolute atomic E-state index is 0.516. The third kappa shape index (κ3) is 4.91. The van der Waals surface area contributed by atoms with Gasteiger partial charge in [0.15, 0.2) is 0 Å². The predicted octanol–water partition coefficient (Wildman–Crippen LogP) is 5.52. The van der Waals surface area contributed by atoms with E-state index in [0.29, 0.717) is 11.8 Å². The topological polar surface area (TPSA) is 23.8 Å². The summed E-state index contributed by atoms with van der Waals surface area (Å²) in [7, 11) is 0. The fourth-order valence-corrected chi connectivity index (χ4v) is 3.08. The highest BCUT2D eigenvalue weighted by Gasteiger charge is 2.29. The molecule has 0 spiro atoms. The van der Waals surface area contributed by atoms with Gasteiger partial charge in [-0.3, -0.25) is 0 Å². The van der Waals surface area contributed by atoms with Crippen LogP contribution in [0.3, 0.4) is 0 Å². The van der Waals surface area contributed by atoms with Crippen LogP contribution in [0.15, 0.2) is 36.4 Å². The highest BCUT2D eigenvalue weighted by atomic mass is 19.4. The van der Waals surface area contributed by atoms with Crippen LogP contribution >= 0.6 is 0 Å². The Hall–Kier alpha value is -1.76. The summed E-state index contributed by atoms with van der Waals surface area (Å²) in [6.07, 6.45) is 5.66. The van der Waals surface area contributed by atoms with Gasteiger partial charge in [-0.2, -0.15) is 18.4 Å². The Labute approximate surface area is 129 Å². The van der Waals surface area contributed by atoms with Gasteiger partial charge in [0.1, 0.15) is 0 Å². The van der Waals surface area contributed by atoms with Crippen LogP contribution in [-0.4, -0.2) is 0 Å². The molecule has 0 aliphatic heterocycles. The molecule has 0 radical (unpaired) electrons. The first-order chi connectivity index (χ1) is 10.5. The lowest BCUT2D eigenvalue weighted by Crippen LogP contribution is -2.13. The minimum Gasteiger partial charge on any atom is -0.193 e. The van der Waals surface area contributed by atoms with E-state index in [4.69, 9.17) is 5.26 Å². The number of aryl methyl sites for hydroxylation is 1. The van der Waals surface area contributed by atoms with Crippen molar-refractivity contribution in [2.45, 2.75) is 44.7 Å². The van der Waals surface area contributed by atoms with Gasteiger partial charge in [0.25, 0.3) is 0 Å². The Bertz CT molecular complexity index is 529. The van der Waals surface area contributed by atoms with Gasteiger partial charge in [0.05, 0.1) is 11.6 Å². The standard InChI is InChI=1S/C18H20F3N/c19-18(20,21)17-11-9-16(10-12-17)8-7-15-5-3-14(4-6-15)2-1-13-22/h1-2,9-12,14-15H,3-8H2/b2-1+/t14-,15-. The van der Waals surface area contributed by atoms with Gasteiger partial charge in [-0.05, 0) is 68.1 Å². The van der Waals surface area contributed by atoms with Crippen molar-refractivity contribution in [2.24, 2.45) is 11.8 Å². The van der Waals surface area contributed by atoms with Gasteiger partial charge < -0.3 is 0 Å². The highest BCUT2D eigenvalue weighted by molar-refractivity contribution is 5.24. The summed E-state index contributed by atoms with van der Waals surface area (Å²) in [6, 6.07) is 7.53. The van der Waals surface area contributed by atoms with Gasteiger partial charge in [-0.1, -0.05) is 18.2 Å². The third-order valence-corrected chi connectivity index (χ3v) is 4.46. The maximum atomic E-state index is 12.5. The van der Waals surface area contributed by atoms with Crippen LogP contribution in [0.5, 0.6) is 0 Å². The molecule has 1 saturated carbocycles. The third-order valence-electron chi connectivity index (χ3n) is 4.46. The molecule has 0 N–H and O–H groups in total. The summed E-state index contributed by atoms with van der Waals surface area (Å²) in [5, 5.41) is 8.52. The molecule has 22 heavy (non-hydrogen) atoms. The van der Waals surface area contributed by atoms with E-state index < -0.39 is 11.7 Å². The number of hydrogen-bond acceptors (Lipinski definition) is 1. The maximum absolute atomic E-state index is 12.5. The smallest absolute Gasteiger partial charge is 0.193 e. The molecule has 0 bridgehead atoms. The number of hydrogen-bond donors (Lipinski definition) is 0. The second-order valence-electron chi connectivity index (χ2n) is 6.00. The first kappa shape index (κ1) is 16.6. The molecule has 1 nitrogen and oxygen atoms in total. The number of benzene rings is 1. The first-order valence-corrected chi connectivity index (χ1v) is 7.71. The molecule has 4 heteroatoms. The van der Waals surface area contributed by atoms with Crippen molar-refractivity contribution in [3.63, 3.8) is 0 Å². The molecule has 1 aliphatic carbocycles. The molecule has 0 amide bonds. The molecule has 0 heterocycles. The van der Waals surface area contributed by atoms with E-state index in [9.17, 15) is 13.2 Å². The normalized spacial score (nSPS) is 22.6. The lowest BCUT2D eigenvalue weighted by Gasteiger charge is -2.26. The second kappa shape index (κ2) is 7.49. The average Bonchev–Trinajstić information content (AvgIpc) is 2.51. The molecule has 1 aromatic rings. The molecule has 1 aliphatic rings. The predicted molar refractivity (Wildman–Crippen MR) is 80.0 cm³/mol. The average molecular weight is 307 g/mol. The zero-order valence-corrected chi connectivity index (χ0v) is 12.4. The summed E-state index contributed by atoms with van der Waals surface area (Å²) in [5.41, 5.74) is 0.389. The summed E-state index contributed by atoms with van der Waals surface area (Å²) in [5.74, 6) is 1.16. The first-order valence-electron chi connectivity index (χ1n) is 7.71. The lowest BCUT2D eigenvalue weighted by atomic mass is 9.79. The highest BCUT2D eigenvalue weighted by Crippen LogP contribution is 2.33. The van der Waals surface area contributed by atoms with Gasteiger partial charge >= 0.3 is 6.18 Å². The molecule has 0 unspecified atom stereocenters. The Kier molecular flexibility index (Phi) is 5.65. The van der Waals surface area contributed by atoms with Crippen molar-refractivity contribution in [3.05, 3.63) is 47.5 Å². The largest absolute Gasteiger partial charge is 0.416 e. The summed E-state index contributed by atoms with van der Waals surface area (Å²) >= 11 is 0. The van der Waals surface area contributed by atoms with Crippen molar-refractivity contribution in [3.8, 4) is 6.07 Å². The van der Waals surface area contributed by atoms with E-state index in [1.165, 1.54) is 12.1 Å².